The number of amides is 2. The first-order valence-corrected chi connectivity index (χ1v) is 13.2. The van der Waals surface area contributed by atoms with E-state index in [1.807, 2.05) is 20.8 Å². The largest absolute Gasteiger partial charge is 0.368 e. The highest BCUT2D eigenvalue weighted by Crippen LogP contribution is 2.54. The van der Waals surface area contributed by atoms with Crippen molar-refractivity contribution in [3.05, 3.63) is 24.5 Å². The molecule has 2 aromatic heterocycles. The first-order chi connectivity index (χ1) is 16.2. The van der Waals surface area contributed by atoms with Crippen molar-refractivity contribution in [3.63, 3.8) is 0 Å². The molecule has 2 saturated carbocycles. The second kappa shape index (κ2) is 6.66. The Morgan fingerprint density at radius 2 is 1.56 bits per heavy atom. The van der Waals surface area contributed by atoms with Gasteiger partial charge in [0.05, 0.1) is 18.4 Å². The van der Waals surface area contributed by atoms with Crippen molar-refractivity contribution in [1.29, 1.82) is 0 Å². The average Bonchev–Trinajstić information content (AvgIpc) is 3.42. The van der Waals surface area contributed by atoms with E-state index in [1.165, 1.54) is 29.5 Å². The second-order valence-electron chi connectivity index (χ2n) is 11.0. The van der Waals surface area contributed by atoms with Gasteiger partial charge in [-0.25, -0.2) is 32.8 Å². The van der Waals surface area contributed by atoms with Crippen LogP contribution in [0.3, 0.4) is 0 Å². The number of urea groups is 1. The Bertz CT molecular complexity index is 1240. The highest BCUT2D eigenvalue weighted by Gasteiger charge is 2.60. The summed E-state index contributed by atoms with van der Waals surface area (Å²) in [6.45, 7) is 3.63. The molecule has 2 aliphatic carbocycles. The van der Waals surface area contributed by atoms with Gasteiger partial charge in [0.25, 0.3) is 0 Å². The van der Waals surface area contributed by atoms with E-state index < -0.39 is 10.0 Å². The second-order valence-corrected chi connectivity index (χ2v) is 12.9. The zero-order valence-corrected chi connectivity index (χ0v) is 19.6. The van der Waals surface area contributed by atoms with Gasteiger partial charge in [0.15, 0.2) is 5.82 Å². The minimum atomic E-state index is -3.63. The fourth-order valence-electron chi connectivity index (χ4n) is 6.06. The normalized spacial score (nSPS) is 25.5. The van der Waals surface area contributed by atoms with Crippen LogP contribution in [0.25, 0.3) is 0 Å². The molecule has 2 aromatic rings. The summed E-state index contributed by atoms with van der Waals surface area (Å²) in [5, 5.41) is 4.66. The van der Waals surface area contributed by atoms with Crippen molar-refractivity contribution < 1.29 is 13.2 Å². The average molecular weight is 486 g/mol. The van der Waals surface area contributed by atoms with Gasteiger partial charge in [0, 0.05) is 56.0 Å². The zero-order valence-electron chi connectivity index (χ0n) is 18.7. The van der Waals surface area contributed by atoms with Crippen molar-refractivity contribution in [2.24, 2.45) is 10.8 Å². The number of nitrogens with two attached hydrogens (primary N) is 1. The highest BCUT2D eigenvalue weighted by atomic mass is 32.2. The quantitative estimate of drug-likeness (QED) is 0.651. The number of anilines is 1. The molecule has 0 bridgehead atoms. The lowest BCUT2D eigenvalue weighted by atomic mass is 9.60. The molecule has 12 nitrogen and oxygen atoms in total. The van der Waals surface area contributed by atoms with Gasteiger partial charge in [0.1, 0.15) is 11.2 Å². The molecule has 5 fully saturated rings. The number of hydrogen-bond donors (Lipinski definition) is 1. The third kappa shape index (κ3) is 3.05. The number of nitrogen functional groups attached to an aromatic ring is 1. The molecule has 3 saturated heterocycles. The van der Waals surface area contributed by atoms with E-state index >= 15 is 0 Å². The Balaban J connectivity index is 0.883. The molecule has 0 aromatic carbocycles. The number of nitrogens with zero attached hydrogens (tertiary/aromatic N) is 8. The molecule has 2 N–H and O–H groups in total. The first kappa shape index (κ1) is 20.6. The van der Waals surface area contributed by atoms with Crippen molar-refractivity contribution in [3.8, 4) is 0 Å². The lowest BCUT2D eigenvalue weighted by Gasteiger charge is -2.63. The van der Waals surface area contributed by atoms with E-state index in [9.17, 15) is 13.2 Å². The Morgan fingerprint density at radius 1 is 0.941 bits per heavy atom. The number of aromatic nitrogens is 5. The van der Waals surface area contributed by atoms with E-state index in [1.54, 1.807) is 0 Å². The number of sulfonamides is 1. The Morgan fingerprint density at radius 3 is 2.18 bits per heavy atom. The molecule has 0 atom stereocenters. The van der Waals surface area contributed by atoms with Gasteiger partial charge in [-0.05, 0) is 25.7 Å². The van der Waals surface area contributed by atoms with Gasteiger partial charge in [-0.2, -0.15) is 9.40 Å². The van der Waals surface area contributed by atoms with E-state index in [0.29, 0.717) is 38.1 Å². The van der Waals surface area contributed by atoms with Crippen LogP contribution in [0.5, 0.6) is 0 Å². The van der Waals surface area contributed by atoms with Gasteiger partial charge < -0.3 is 15.5 Å². The monoisotopic (exact) mass is 485 g/mol. The number of rotatable bonds is 4. The number of hydrogen-bond acceptors (Lipinski definition) is 8. The van der Waals surface area contributed by atoms with Crippen LogP contribution in [0, 0.1) is 10.8 Å². The Labute approximate surface area is 197 Å². The van der Waals surface area contributed by atoms with Gasteiger partial charge in [-0.15, -0.1) is 0 Å². The van der Waals surface area contributed by atoms with Gasteiger partial charge in [-0.3, -0.25) is 0 Å². The molecule has 180 valence electrons. The van der Waals surface area contributed by atoms with Crippen LogP contribution in [0.15, 0.2) is 23.6 Å². The highest BCUT2D eigenvalue weighted by molar-refractivity contribution is 7.89. The summed E-state index contributed by atoms with van der Waals surface area (Å²) >= 11 is 0. The molecule has 34 heavy (non-hydrogen) atoms. The predicted octanol–water partition coefficient (Wildman–Crippen LogP) is 0.291. The molecule has 3 aliphatic heterocycles. The number of likely N-dealkylation sites (tertiary alicyclic amines) is 2. The third-order valence-electron chi connectivity index (χ3n) is 8.14. The lowest BCUT2D eigenvalue weighted by Crippen LogP contribution is -2.76. The minimum absolute atomic E-state index is 0.0403. The van der Waals surface area contributed by atoms with Gasteiger partial charge in [-0.1, -0.05) is 0 Å². The van der Waals surface area contributed by atoms with Crippen molar-refractivity contribution in [2.75, 3.05) is 45.0 Å². The maximum absolute atomic E-state index is 12.9. The molecule has 13 heteroatoms. The smallest absolute Gasteiger partial charge is 0.320 e. The summed E-state index contributed by atoms with van der Waals surface area (Å²) in [6.07, 6.45) is 8.86. The standard InChI is InChI=1S/C21H27N9O3S/c22-18-23-5-16(6-24-18)34(32,33)29-11-21(12-29)9-28(10-21)19(31)27-7-20(8-27)3-15(4-20)30-13-25-17(26-30)14-1-2-14/h5-6,13-15H,1-4,7-12H2,(H2,22,23,24). The van der Waals surface area contributed by atoms with Crippen LogP contribution in [-0.4, -0.2) is 92.6 Å². The summed E-state index contributed by atoms with van der Waals surface area (Å²) in [5.74, 6) is 1.60. The summed E-state index contributed by atoms with van der Waals surface area (Å²) in [5.41, 5.74) is 5.55. The summed E-state index contributed by atoms with van der Waals surface area (Å²) in [7, 11) is -3.63. The molecule has 5 aliphatic rings. The topological polar surface area (TPSA) is 143 Å². The van der Waals surface area contributed by atoms with E-state index in [-0.39, 0.29) is 27.7 Å². The molecule has 0 unspecified atom stereocenters. The number of carbonyl (C=O) groups excluding carboxylic acids is 1. The van der Waals surface area contributed by atoms with Gasteiger partial charge in [0.2, 0.25) is 16.0 Å². The van der Waals surface area contributed by atoms with Crippen LogP contribution in [0.4, 0.5) is 10.7 Å². The van der Waals surface area contributed by atoms with E-state index in [2.05, 4.69) is 20.1 Å². The third-order valence-corrected chi connectivity index (χ3v) is 9.88. The van der Waals surface area contributed by atoms with Crippen molar-refractivity contribution >= 4 is 22.0 Å². The maximum Gasteiger partial charge on any atom is 0.320 e. The summed E-state index contributed by atoms with van der Waals surface area (Å²) in [4.78, 5) is 28.7. The summed E-state index contributed by atoms with van der Waals surface area (Å²) < 4.78 is 28.9. The molecular formula is C21H27N9O3S. The predicted molar refractivity (Wildman–Crippen MR) is 119 cm³/mol. The first-order valence-electron chi connectivity index (χ1n) is 11.8. The Kier molecular flexibility index (Phi) is 4.03. The zero-order chi connectivity index (χ0) is 23.3. The Hall–Kier alpha value is -2.80. The number of carbonyl (C=O) groups is 1. The fraction of sp³-hybridized carbons (Fsp3) is 0.667. The molecule has 2 amide bonds. The van der Waals surface area contributed by atoms with Crippen molar-refractivity contribution in [2.45, 2.75) is 42.5 Å². The van der Waals surface area contributed by atoms with E-state index in [4.69, 9.17) is 5.73 Å². The molecule has 0 radical (unpaired) electrons. The van der Waals surface area contributed by atoms with Crippen molar-refractivity contribution in [1.82, 2.24) is 38.8 Å². The van der Waals surface area contributed by atoms with Crippen LogP contribution in [-0.2, 0) is 10.0 Å². The van der Waals surface area contributed by atoms with E-state index in [0.717, 1.165) is 31.8 Å². The SMILES string of the molecule is Nc1ncc(S(=O)(=O)N2CC3(CN(C(=O)N4CC5(CC(n6cnc(C7CC7)n6)C5)C4)C3)C2)cn1. The fourth-order valence-corrected chi connectivity index (χ4v) is 7.61. The van der Waals surface area contributed by atoms with Crippen LogP contribution in [0.2, 0.25) is 0 Å². The molecule has 7 rings (SSSR count). The van der Waals surface area contributed by atoms with Gasteiger partial charge >= 0.3 is 6.03 Å². The molecular weight excluding hydrogens is 458 g/mol. The summed E-state index contributed by atoms with van der Waals surface area (Å²) in [6, 6.07) is 0.476. The maximum atomic E-state index is 12.9. The van der Waals surface area contributed by atoms with Crippen LogP contribution >= 0.6 is 0 Å². The molecule has 5 heterocycles. The lowest BCUT2D eigenvalue weighted by molar-refractivity contribution is -0.101. The van der Waals surface area contributed by atoms with Crippen LogP contribution < -0.4 is 5.73 Å². The van der Waals surface area contributed by atoms with Crippen LogP contribution in [0.1, 0.15) is 43.5 Å². The minimum Gasteiger partial charge on any atom is -0.368 e. The molecule has 2 spiro atoms.